The number of rotatable bonds is 6. The normalized spacial score (nSPS) is 15.3. The minimum atomic E-state index is -0.601. The Bertz CT molecular complexity index is 785. The van der Waals surface area contributed by atoms with Crippen molar-refractivity contribution in [1.82, 2.24) is 20.0 Å². The van der Waals surface area contributed by atoms with Crippen molar-refractivity contribution in [3.05, 3.63) is 48.0 Å². The Labute approximate surface area is 157 Å². The van der Waals surface area contributed by atoms with Crippen LogP contribution in [0.4, 0.5) is 4.39 Å². The quantitative estimate of drug-likeness (QED) is 0.841. The van der Waals surface area contributed by atoms with E-state index in [0.717, 1.165) is 32.4 Å². The number of carbonyl (C=O) groups excluding carboxylic acids is 2. The van der Waals surface area contributed by atoms with Crippen LogP contribution in [-0.2, 0) is 11.5 Å². The highest BCUT2D eigenvalue weighted by molar-refractivity contribution is 5.95. The van der Waals surface area contributed by atoms with Crippen molar-refractivity contribution in [3.63, 3.8) is 0 Å². The van der Waals surface area contributed by atoms with E-state index in [9.17, 15) is 14.0 Å². The van der Waals surface area contributed by atoms with Gasteiger partial charge in [-0.15, -0.1) is 0 Å². The Morgan fingerprint density at radius 3 is 2.59 bits per heavy atom. The third-order valence-electron chi connectivity index (χ3n) is 4.44. The van der Waals surface area contributed by atoms with Gasteiger partial charge in [-0.1, -0.05) is 0 Å². The van der Waals surface area contributed by atoms with Gasteiger partial charge in [0.15, 0.2) is 6.73 Å². The first kappa shape index (κ1) is 18.9. The Morgan fingerprint density at radius 1 is 1.19 bits per heavy atom. The molecular formula is C19H23FN4O3. The van der Waals surface area contributed by atoms with E-state index in [1.807, 2.05) is 0 Å². The van der Waals surface area contributed by atoms with Crippen LogP contribution in [0.5, 0.6) is 5.75 Å². The molecule has 1 fully saturated rings. The maximum absolute atomic E-state index is 12.9. The lowest BCUT2D eigenvalue weighted by Gasteiger charge is -2.29. The molecule has 0 saturated carbocycles. The average molecular weight is 374 g/mol. The number of ether oxygens (including phenoxy) is 1. The summed E-state index contributed by atoms with van der Waals surface area (Å²) in [6, 6.07) is 6.59. The number of piperidine rings is 1. The highest BCUT2D eigenvalue weighted by Crippen LogP contribution is 2.12. The standard InChI is InChI=1S/C19H23FN4O3/c1-14(19(26)23-10-3-2-4-11-23)21-18(25)17-9-12-24(22-17)13-27-16-7-5-15(20)6-8-16/h5-9,12,14H,2-4,10-11,13H2,1H3,(H,21,25)/t14-/m0/s1. The molecule has 2 amide bonds. The Balaban J connectivity index is 1.51. The van der Waals surface area contributed by atoms with E-state index in [1.54, 1.807) is 24.1 Å². The summed E-state index contributed by atoms with van der Waals surface area (Å²) in [5, 5.41) is 6.85. The lowest BCUT2D eigenvalue weighted by atomic mass is 10.1. The number of benzene rings is 1. The van der Waals surface area contributed by atoms with Crippen LogP contribution < -0.4 is 10.1 Å². The van der Waals surface area contributed by atoms with E-state index in [1.165, 1.54) is 28.9 Å². The molecule has 1 atom stereocenters. The van der Waals surface area contributed by atoms with Crippen LogP contribution in [0.3, 0.4) is 0 Å². The van der Waals surface area contributed by atoms with Gasteiger partial charge >= 0.3 is 0 Å². The summed E-state index contributed by atoms with van der Waals surface area (Å²) >= 11 is 0. The monoisotopic (exact) mass is 374 g/mol. The van der Waals surface area contributed by atoms with E-state index in [4.69, 9.17) is 4.74 Å². The molecule has 1 aromatic carbocycles. The molecule has 144 valence electrons. The molecule has 27 heavy (non-hydrogen) atoms. The van der Waals surface area contributed by atoms with E-state index in [0.29, 0.717) is 5.75 Å². The molecule has 0 aliphatic carbocycles. The van der Waals surface area contributed by atoms with Gasteiger partial charge in [0, 0.05) is 19.3 Å². The van der Waals surface area contributed by atoms with E-state index >= 15 is 0 Å². The predicted octanol–water partition coefficient (Wildman–Crippen LogP) is 2.19. The molecular weight excluding hydrogens is 351 g/mol. The fraction of sp³-hybridized carbons (Fsp3) is 0.421. The highest BCUT2D eigenvalue weighted by Gasteiger charge is 2.24. The number of hydrogen-bond acceptors (Lipinski definition) is 4. The number of aromatic nitrogens is 2. The van der Waals surface area contributed by atoms with Gasteiger partial charge in [-0.25, -0.2) is 9.07 Å². The first-order chi connectivity index (χ1) is 13.0. The third kappa shape index (κ3) is 5.06. The second-order valence-corrected chi connectivity index (χ2v) is 6.55. The van der Waals surface area contributed by atoms with Gasteiger partial charge in [0.1, 0.15) is 23.3 Å². The largest absolute Gasteiger partial charge is 0.471 e. The van der Waals surface area contributed by atoms with Gasteiger partial charge in [0.05, 0.1) is 0 Å². The average Bonchev–Trinajstić information content (AvgIpc) is 3.17. The second kappa shape index (κ2) is 8.66. The second-order valence-electron chi connectivity index (χ2n) is 6.55. The maximum Gasteiger partial charge on any atom is 0.272 e. The highest BCUT2D eigenvalue weighted by atomic mass is 19.1. The van der Waals surface area contributed by atoms with Crippen LogP contribution >= 0.6 is 0 Å². The summed E-state index contributed by atoms with van der Waals surface area (Å²) in [5.74, 6) is -0.317. The SMILES string of the molecule is C[C@H](NC(=O)c1ccn(COc2ccc(F)cc2)n1)C(=O)N1CCCCC1. The van der Waals surface area contributed by atoms with Crippen LogP contribution in [0, 0.1) is 5.82 Å². The number of carbonyl (C=O) groups is 2. The zero-order valence-corrected chi connectivity index (χ0v) is 15.2. The molecule has 0 bridgehead atoms. The van der Waals surface area contributed by atoms with Crippen LogP contribution in [0.15, 0.2) is 36.5 Å². The molecule has 3 rings (SSSR count). The van der Waals surface area contributed by atoms with Crippen molar-refractivity contribution >= 4 is 11.8 Å². The van der Waals surface area contributed by atoms with Gasteiger partial charge in [0.2, 0.25) is 5.91 Å². The number of nitrogens with zero attached hydrogens (tertiary/aromatic N) is 3. The molecule has 8 heteroatoms. The summed E-state index contributed by atoms with van der Waals surface area (Å²) in [6.07, 6.45) is 4.76. The van der Waals surface area contributed by atoms with Gasteiger partial charge in [-0.05, 0) is 56.5 Å². The number of hydrogen-bond donors (Lipinski definition) is 1. The maximum atomic E-state index is 12.9. The minimum absolute atomic E-state index is 0.0675. The number of halogens is 1. The fourth-order valence-corrected chi connectivity index (χ4v) is 2.95. The van der Waals surface area contributed by atoms with Crippen molar-refractivity contribution in [2.75, 3.05) is 13.1 Å². The van der Waals surface area contributed by atoms with Gasteiger partial charge in [-0.3, -0.25) is 9.59 Å². The first-order valence-electron chi connectivity index (χ1n) is 9.04. The molecule has 2 aromatic rings. The molecule has 0 unspecified atom stereocenters. The lowest BCUT2D eigenvalue weighted by molar-refractivity contribution is -0.133. The van der Waals surface area contributed by atoms with Crippen LogP contribution in [0.25, 0.3) is 0 Å². The van der Waals surface area contributed by atoms with Crippen molar-refractivity contribution in [2.24, 2.45) is 0 Å². The van der Waals surface area contributed by atoms with Gasteiger partial charge < -0.3 is 15.0 Å². The summed E-state index contributed by atoms with van der Waals surface area (Å²) in [7, 11) is 0. The Morgan fingerprint density at radius 2 is 1.89 bits per heavy atom. The number of amides is 2. The Kier molecular flexibility index (Phi) is 6.05. The molecule has 0 radical (unpaired) electrons. The van der Waals surface area contributed by atoms with E-state index in [2.05, 4.69) is 10.4 Å². The molecule has 0 spiro atoms. The third-order valence-corrected chi connectivity index (χ3v) is 4.44. The van der Waals surface area contributed by atoms with Crippen LogP contribution in [-0.4, -0.2) is 45.6 Å². The van der Waals surface area contributed by atoms with E-state index < -0.39 is 11.9 Å². The molecule has 1 aromatic heterocycles. The fourth-order valence-electron chi connectivity index (χ4n) is 2.95. The number of likely N-dealkylation sites (tertiary alicyclic amines) is 1. The smallest absolute Gasteiger partial charge is 0.272 e. The summed E-state index contributed by atoms with van der Waals surface area (Å²) in [5.41, 5.74) is 0.205. The van der Waals surface area contributed by atoms with Gasteiger partial charge in [0.25, 0.3) is 5.91 Å². The molecule has 1 saturated heterocycles. The lowest BCUT2D eigenvalue weighted by Crippen LogP contribution is -2.48. The van der Waals surface area contributed by atoms with Crippen molar-refractivity contribution in [2.45, 2.75) is 39.0 Å². The minimum Gasteiger partial charge on any atom is -0.471 e. The molecule has 1 aliphatic rings. The molecule has 2 heterocycles. The molecule has 1 N–H and O–H groups in total. The number of nitrogens with one attached hydrogen (secondary N) is 1. The topological polar surface area (TPSA) is 76.5 Å². The zero-order chi connectivity index (χ0) is 19.2. The predicted molar refractivity (Wildman–Crippen MR) is 96.6 cm³/mol. The molecule has 1 aliphatic heterocycles. The summed E-state index contributed by atoms with van der Waals surface area (Å²) < 4.78 is 19.8. The first-order valence-corrected chi connectivity index (χ1v) is 9.04. The molecule has 7 nitrogen and oxygen atoms in total. The van der Waals surface area contributed by atoms with Crippen molar-refractivity contribution in [1.29, 1.82) is 0 Å². The van der Waals surface area contributed by atoms with Gasteiger partial charge in [-0.2, -0.15) is 5.10 Å². The van der Waals surface area contributed by atoms with Crippen molar-refractivity contribution in [3.8, 4) is 5.75 Å². The van der Waals surface area contributed by atoms with Crippen molar-refractivity contribution < 1.29 is 18.7 Å². The zero-order valence-electron chi connectivity index (χ0n) is 15.2. The van der Waals surface area contributed by atoms with Crippen LogP contribution in [0.2, 0.25) is 0 Å². The van der Waals surface area contributed by atoms with E-state index in [-0.39, 0.29) is 24.1 Å². The summed E-state index contributed by atoms with van der Waals surface area (Å²) in [6.45, 7) is 3.26. The Hall–Kier alpha value is -2.90. The van der Waals surface area contributed by atoms with Crippen LogP contribution in [0.1, 0.15) is 36.7 Å². The summed E-state index contributed by atoms with van der Waals surface area (Å²) in [4.78, 5) is 26.5.